The maximum atomic E-state index is 12.5. The molecule has 2 atom stereocenters. The van der Waals surface area contributed by atoms with Gasteiger partial charge in [0.1, 0.15) is 0 Å². The molecule has 6 heteroatoms. The number of rotatable bonds is 62. The smallest absolute Gasteiger partial charge is 0.305 e. The first-order valence-corrected chi connectivity index (χ1v) is 33.1. The molecule has 0 fully saturated rings. The van der Waals surface area contributed by atoms with Crippen LogP contribution in [0, 0.1) is 0 Å². The van der Waals surface area contributed by atoms with E-state index in [0.29, 0.717) is 19.4 Å². The summed E-state index contributed by atoms with van der Waals surface area (Å²) in [5, 5.41) is 23.1. The fraction of sp³-hybridized carbons (Fsp3) is 0.910. The third-order valence-corrected chi connectivity index (χ3v) is 15.5. The molecule has 0 aromatic heterocycles. The monoisotopic (exact) mass is 1030 g/mol. The highest BCUT2D eigenvalue weighted by Gasteiger charge is 2.18. The van der Waals surface area contributed by atoms with Crippen molar-refractivity contribution in [3.8, 4) is 0 Å². The molecule has 0 saturated carbocycles. The van der Waals surface area contributed by atoms with Gasteiger partial charge in [-0.15, -0.1) is 0 Å². The maximum absolute atomic E-state index is 12.5. The van der Waals surface area contributed by atoms with Gasteiger partial charge in [0.25, 0.3) is 0 Å². The standard InChI is InChI=1S/C67H129NO5/c1-3-5-7-9-11-13-15-17-32-35-39-43-47-51-55-59-65(70)64(63-69)68-66(71)60-56-52-48-44-40-36-33-30-28-26-24-22-20-19-21-23-25-27-29-31-34-38-42-46-50-54-58-62-73-67(72)61-57-53-49-45-41-37-18-16-14-12-10-8-6-4-2/h19-20,55,59,64-65,69-70H,3-18,21-54,56-58,60-63H2,1-2H3,(H,68,71)/b20-19-,59-55+. The van der Waals surface area contributed by atoms with Gasteiger partial charge in [0.2, 0.25) is 5.91 Å². The minimum Gasteiger partial charge on any atom is -0.466 e. The Morgan fingerprint density at radius 1 is 0.370 bits per heavy atom. The molecular weight excluding hydrogens is 899 g/mol. The SMILES string of the molecule is CCCCCCCCCCCCCCC/C=C/C(O)C(CO)NC(=O)CCCCCCCCCCCCC/C=C\CCCCCCCCCCCCCCOC(=O)CCCCCCCCCCCCCCCC. The Morgan fingerprint density at radius 3 is 0.973 bits per heavy atom. The van der Waals surface area contributed by atoms with Crippen LogP contribution in [0.15, 0.2) is 24.3 Å². The van der Waals surface area contributed by atoms with E-state index in [-0.39, 0.29) is 18.5 Å². The Morgan fingerprint density at radius 2 is 0.644 bits per heavy atom. The highest BCUT2D eigenvalue weighted by Crippen LogP contribution is 2.18. The third-order valence-electron chi connectivity index (χ3n) is 15.5. The van der Waals surface area contributed by atoms with Crippen molar-refractivity contribution in [2.75, 3.05) is 13.2 Å². The molecule has 0 bridgehead atoms. The van der Waals surface area contributed by atoms with Crippen LogP contribution in [0.25, 0.3) is 0 Å². The Labute approximate surface area is 456 Å². The topological polar surface area (TPSA) is 95.9 Å². The normalized spacial score (nSPS) is 12.7. The average molecular weight is 1030 g/mol. The molecule has 0 heterocycles. The molecule has 0 radical (unpaired) electrons. The number of esters is 1. The number of ether oxygens (including phenoxy) is 1. The molecule has 0 rings (SSSR count). The molecule has 0 aromatic rings. The summed E-state index contributed by atoms with van der Waals surface area (Å²) in [5.74, 6) is -0.0493. The largest absolute Gasteiger partial charge is 0.466 e. The Kier molecular flexibility index (Phi) is 61.4. The second-order valence-corrected chi connectivity index (χ2v) is 22.8. The number of aliphatic hydroxyl groups excluding tert-OH is 2. The number of hydrogen-bond donors (Lipinski definition) is 3. The number of hydrogen-bond acceptors (Lipinski definition) is 5. The van der Waals surface area contributed by atoms with E-state index in [2.05, 4.69) is 31.3 Å². The first-order chi connectivity index (χ1) is 36.0. The Balaban J connectivity index is 3.39. The minimum absolute atomic E-state index is 0.0174. The van der Waals surface area contributed by atoms with Crippen molar-refractivity contribution in [1.82, 2.24) is 5.32 Å². The van der Waals surface area contributed by atoms with E-state index in [0.717, 1.165) is 38.5 Å². The van der Waals surface area contributed by atoms with Crippen LogP contribution < -0.4 is 5.32 Å². The molecule has 0 aromatic carbocycles. The van der Waals surface area contributed by atoms with Crippen LogP contribution in [0.2, 0.25) is 0 Å². The Bertz CT molecular complexity index is 1140. The number of carbonyl (C=O) groups is 2. The first kappa shape index (κ1) is 71.3. The van der Waals surface area contributed by atoms with Gasteiger partial charge in [-0.3, -0.25) is 9.59 Å². The lowest BCUT2D eigenvalue weighted by Gasteiger charge is -2.20. The van der Waals surface area contributed by atoms with E-state index in [4.69, 9.17) is 4.74 Å². The van der Waals surface area contributed by atoms with Gasteiger partial charge in [-0.1, -0.05) is 321 Å². The van der Waals surface area contributed by atoms with Crippen LogP contribution in [0.4, 0.5) is 0 Å². The summed E-state index contributed by atoms with van der Waals surface area (Å²) < 4.78 is 5.49. The first-order valence-electron chi connectivity index (χ1n) is 33.1. The molecule has 6 nitrogen and oxygen atoms in total. The van der Waals surface area contributed by atoms with Gasteiger partial charge < -0.3 is 20.3 Å². The molecule has 0 spiro atoms. The molecule has 0 aliphatic rings. The van der Waals surface area contributed by atoms with Crippen LogP contribution in [0.5, 0.6) is 0 Å². The van der Waals surface area contributed by atoms with E-state index in [1.54, 1.807) is 6.08 Å². The summed E-state index contributed by atoms with van der Waals surface area (Å²) in [4.78, 5) is 24.5. The van der Waals surface area contributed by atoms with E-state index in [1.165, 1.54) is 302 Å². The summed E-state index contributed by atoms with van der Waals surface area (Å²) in [5.41, 5.74) is 0. The van der Waals surface area contributed by atoms with Crippen molar-refractivity contribution in [3.05, 3.63) is 24.3 Å². The molecule has 1 amide bonds. The van der Waals surface area contributed by atoms with Crippen molar-refractivity contribution in [2.45, 2.75) is 379 Å². The summed E-state index contributed by atoms with van der Waals surface area (Å²) in [6.45, 7) is 4.93. The predicted molar refractivity (Wildman–Crippen MR) is 320 cm³/mol. The van der Waals surface area contributed by atoms with E-state index in [1.807, 2.05) is 6.08 Å². The van der Waals surface area contributed by atoms with E-state index < -0.39 is 12.1 Å². The number of carbonyl (C=O) groups excluding carboxylic acids is 2. The van der Waals surface area contributed by atoms with Crippen LogP contribution in [0.1, 0.15) is 367 Å². The van der Waals surface area contributed by atoms with Gasteiger partial charge >= 0.3 is 5.97 Å². The van der Waals surface area contributed by atoms with E-state index in [9.17, 15) is 19.8 Å². The zero-order valence-corrected chi connectivity index (χ0v) is 49.4. The van der Waals surface area contributed by atoms with Gasteiger partial charge in [-0.25, -0.2) is 0 Å². The third kappa shape index (κ3) is 59.4. The van der Waals surface area contributed by atoms with Crippen molar-refractivity contribution in [3.63, 3.8) is 0 Å². The summed E-state index contributed by atoms with van der Waals surface area (Å²) >= 11 is 0. The van der Waals surface area contributed by atoms with Crippen molar-refractivity contribution >= 4 is 11.9 Å². The van der Waals surface area contributed by atoms with Gasteiger partial charge in [0, 0.05) is 12.8 Å². The van der Waals surface area contributed by atoms with Crippen molar-refractivity contribution in [1.29, 1.82) is 0 Å². The fourth-order valence-corrected chi connectivity index (χ4v) is 10.4. The van der Waals surface area contributed by atoms with Crippen LogP contribution in [0.3, 0.4) is 0 Å². The number of nitrogens with one attached hydrogen (secondary N) is 1. The number of unbranched alkanes of at least 4 members (excludes halogenated alkanes) is 49. The van der Waals surface area contributed by atoms with Gasteiger partial charge in [-0.2, -0.15) is 0 Å². The summed E-state index contributed by atoms with van der Waals surface area (Å²) in [6, 6.07) is -0.628. The lowest BCUT2D eigenvalue weighted by molar-refractivity contribution is -0.143. The fourth-order valence-electron chi connectivity index (χ4n) is 10.4. The molecule has 73 heavy (non-hydrogen) atoms. The van der Waals surface area contributed by atoms with Crippen LogP contribution >= 0.6 is 0 Å². The molecule has 0 aliphatic heterocycles. The molecule has 432 valence electrons. The molecular formula is C67H129NO5. The number of aliphatic hydroxyl groups is 2. The number of amides is 1. The molecule has 2 unspecified atom stereocenters. The highest BCUT2D eigenvalue weighted by atomic mass is 16.5. The predicted octanol–water partition coefficient (Wildman–Crippen LogP) is 21.0. The zero-order chi connectivity index (χ0) is 52.9. The highest BCUT2D eigenvalue weighted by molar-refractivity contribution is 5.76. The lowest BCUT2D eigenvalue weighted by Crippen LogP contribution is -2.45. The maximum Gasteiger partial charge on any atom is 0.305 e. The summed E-state index contributed by atoms with van der Waals surface area (Å²) in [7, 11) is 0. The zero-order valence-electron chi connectivity index (χ0n) is 49.4. The number of allylic oxidation sites excluding steroid dienone is 3. The quantitative estimate of drug-likeness (QED) is 0.0320. The lowest BCUT2D eigenvalue weighted by atomic mass is 10.0. The van der Waals surface area contributed by atoms with Crippen LogP contribution in [-0.4, -0.2) is 47.4 Å². The minimum atomic E-state index is -0.844. The van der Waals surface area contributed by atoms with Gasteiger partial charge in [-0.05, 0) is 57.8 Å². The molecule has 0 saturated heterocycles. The van der Waals surface area contributed by atoms with Crippen molar-refractivity contribution < 1.29 is 24.5 Å². The van der Waals surface area contributed by atoms with E-state index >= 15 is 0 Å². The molecule has 3 N–H and O–H groups in total. The second kappa shape index (κ2) is 62.9. The molecule has 0 aliphatic carbocycles. The van der Waals surface area contributed by atoms with Gasteiger partial charge in [0.15, 0.2) is 0 Å². The second-order valence-electron chi connectivity index (χ2n) is 22.8. The summed E-state index contributed by atoms with van der Waals surface area (Å²) in [6.07, 6.45) is 78.1. The van der Waals surface area contributed by atoms with Gasteiger partial charge in [0.05, 0.1) is 25.4 Å². The van der Waals surface area contributed by atoms with Crippen LogP contribution in [-0.2, 0) is 14.3 Å². The van der Waals surface area contributed by atoms with Crippen molar-refractivity contribution in [2.24, 2.45) is 0 Å². The Hall–Kier alpha value is -1.66. The average Bonchev–Trinajstić information content (AvgIpc) is 3.39.